The highest BCUT2D eigenvalue weighted by atomic mass is 16.1. The summed E-state index contributed by atoms with van der Waals surface area (Å²) in [4.78, 5) is 12.2. The smallest absolute Gasteiger partial charge is 0.243 e. The van der Waals surface area contributed by atoms with Crippen LogP contribution in [0.15, 0.2) is 42.5 Å². The van der Waals surface area contributed by atoms with Gasteiger partial charge in [0.15, 0.2) is 0 Å². The Bertz CT molecular complexity index is 645. The van der Waals surface area contributed by atoms with Crippen LogP contribution in [0.5, 0.6) is 0 Å². The number of carbonyl (C=O) groups excluding carboxylic acids is 1. The molecule has 0 radical (unpaired) electrons. The number of anilines is 2. The molecule has 0 heterocycles. The Morgan fingerprint density at radius 3 is 2.36 bits per heavy atom. The minimum absolute atomic E-state index is 0.0308. The van der Waals surface area contributed by atoms with E-state index in [0.717, 1.165) is 16.9 Å². The summed E-state index contributed by atoms with van der Waals surface area (Å²) in [6, 6.07) is 14.1. The minimum Gasteiger partial charge on any atom is -0.376 e. The third kappa shape index (κ3) is 4.10. The number of aryl methyl sites for hydroxylation is 2. The monoisotopic (exact) mass is 296 g/mol. The summed E-state index contributed by atoms with van der Waals surface area (Å²) in [5.41, 5.74) is 5.36. The first-order chi connectivity index (χ1) is 10.5. The third-order valence-corrected chi connectivity index (χ3v) is 3.70. The number of benzene rings is 2. The van der Waals surface area contributed by atoms with Crippen LogP contribution in [0.4, 0.5) is 11.4 Å². The lowest BCUT2D eigenvalue weighted by Crippen LogP contribution is -2.23. The molecule has 22 heavy (non-hydrogen) atoms. The molecule has 0 unspecified atom stereocenters. The minimum atomic E-state index is -0.0308. The molecule has 2 aromatic carbocycles. The number of hydrogen-bond acceptors (Lipinski definition) is 2. The maximum atomic E-state index is 12.2. The number of nitrogens with one attached hydrogen (secondary N) is 2. The third-order valence-electron chi connectivity index (χ3n) is 3.70. The average molecular weight is 296 g/mol. The predicted molar refractivity (Wildman–Crippen MR) is 93.6 cm³/mol. The average Bonchev–Trinajstić information content (AvgIpc) is 2.48. The Labute approximate surface area is 132 Å². The molecule has 0 spiro atoms. The highest BCUT2D eigenvalue weighted by Gasteiger charge is 2.11. The summed E-state index contributed by atoms with van der Waals surface area (Å²) in [6.45, 7) is 8.59. The molecule has 2 aromatic rings. The van der Waals surface area contributed by atoms with Gasteiger partial charge in [0.2, 0.25) is 5.91 Å². The molecule has 0 saturated carbocycles. The van der Waals surface area contributed by atoms with Gasteiger partial charge in [-0.3, -0.25) is 4.79 Å². The lowest BCUT2D eigenvalue weighted by molar-refractivity contribution is -0.114. The van der Waals surface area contributed by atoms with Crippen molar-refractivity contribution in [2.75, 3.05) is 17.2 Å². The van der Waals surface area contributed by atoms with Crippen molar-refractivity contribution in [2.24, 2.45) is 0 Å². The van der Waals surface area contributed by atoms with E-state index in [2.05, 4.69) is 30.5 Å². The Kier molecular flexibility index (Phi) is 5.21. The van der Waals surface area contributed by atoms with Crippen molar-refractivity contribution in [1.29, 1.82) is 0 Å². The SMILES string of the molecule is Cc1ccc(NCC(=O)Nc2c(C)cccc2C(C)C)cc1. The first kappa shape index (κ1) is 16.1. The van der Waals surface area contributed by atoms with Crippen molar-refractivity contribution in [2.45, 2.75) is 33.6 Å². The second-order valence-corrected chi connectivity index (χ2v) is 5.96. The Morgan fingerprint density at radius 2 is 1.73 bits per heavy atom. The zero-order valence-corrected chi connectivity index (χ0v) is 13.7. The topological polar surface area (TPSA) is 41.1 Å². The molecule has 0 aliphatic heterocycles. The zero-order valence-electron chi connectivity index (χ0n) is 13.7. The van der Waals surface area contributed by atoms with Crippen molar-refractivity contribution in [3.8, 4) is 0 Å². The summed E-state index contributed by atoms with van der Waals surface area (Å²) < 4.78 is 0. The maximum Gasteiger partial charge on any atom is 0.243 e. The number of para-hydroxylation sites is 1. The summed E-state index contributed by atoms with van der Waals surface area (Å²) >= 11 is 0. The lowest BCUT2D eigenvalue weighted by Gasteiger charge is -2.16. The van der Waals surface area contributed by atoms with Crippen molar-refractivity contribution in [3.63, 3.8) is 0 Å². The number of rotatable bonds is 5. The largest absolute Gasteiger partial charge is 0.376 e. The van der Waals surface area contributed by atoms with Gasteiger partial charge in [0.25, 0.3) is 0 Å². The van der Waals surface area contributed by atoms with E-state index in [9.17, 15) is 4.79 Å². The molecule has 0 saturated heterocycles. The highest BCUT2D eigenvalue weighted by molar-refractivity contribution is 5.95. The molecule has 3 heteroatoms. The molecule has 1 amide bonds. The number of hydrogen-bond donors (Lipinski definition) is 2. The molecule has 0 aliphatic carbocycles. The van der Waals surface area contributed by atoms with Crippen LogP contribution in [0.25, 0.3) is 0 Å². The molecule has 0 aliphatic rings. The van der Waals surface area contributed by atoms with Crippen molar-refractivity contribution in [1.82, 2.24) is 0 Å². The fraction of sp³-hybridized carbons (Fsp3) is 0.316. The molecule has 0 fully saturated rings. The summed E-state index contributed by atoms with van der Waals surface area (Å²) in [5.74, 6) is 0.344. The van der Waals surface area contributed by atoms with E-state index >= 15 is 0 Å². The van der Waals surface area contributed by atoms with Gasteiger partial charge in [-0.05, 0) is 43.0 Å². The normalized spacial score (nSPS) is 10.6. The predicted octanol–water partition coefficient (Wildman–Crippen LogP) is 4.48. The quantitative estimate of drug-likeness (QED) is 0.854. The molecule has 2 N–H and O–H groups in total. The van der Waals surface area contributed by atoms with E-state index in [1.807, 2.05) is 50.2 Å². The van der Waals surface area contributed by atoms with E-state index in [0.29, 0.717) is 5.92 Å². The molecule has 0 atom stereocenters. The van der Waals surface area contributed by atoms with E-state index in [4.69, 9.17) is 0 Å². The zero-order chi connectivity index (χ0) is 16.1. The van der Waals surface area contributed by atoms with Crippen molar-refractivity contribution < 1.29 is 4.79 Å². The second kappa shape index (κ2) is 7.12. The van der Waals surface area contributed by atoms with Crippen LogP contribution in [0, 0.1) is 13.8 Å². The van der Waals surface area contributed by atoms with Crippen LogP contribution in [0.2, 0.25) is 0 Å². The second-order valence-electron chi connectivity index (χ2n) is 5.96. The molecule has 116 valence electrons. The summed E-state index contributed by atoms with van der Waals surface area (Å²) in [6.07, 6.45) is 0. The molecular formula is C19H24N2O. The molecular weight excluding hydrogens is 272 g/mol. The van der Waals surface area contributed by atoms with Gasteiger partial charge >= 0.3 is 0 Å². The van der Waals surface area contributed by atoms with Crippen LogP contribution >= 0.6 is 0 Å². The first-order valence-electron chi connectivity index (χ1n) is 7.67. The fourth-order valence-corrected chi connectivity index (χ4v) is 2.38. The van der Waals surface area contributed by atoms with Crippen LogP contribution in [0.1, 0.15) is 36.5 Å². The van der Waals surface area contributed by atoms with Crippen LogP contribution in [-0.2, 0) is 4.79 Å². The van der Waals surface area contributed by atoms with E-state index in [1.54, 1.807) is 0 Å². The Morgan fingerprint density at radius 1 is 1.05 bits per heavy atom. The van der Waals surface area contributed by atoms with Gasteiger partial charge < -0.3 is 10.6 Å². The van der Waals surface area contributed by atoms with Gasteiger partial charge in [0, 0.05) is 11.4 Å². The highest BCUT2D eigenvalue weighted by Crippen LogP contribution is 2.27. The van der Waals surface area contributed by atoms with E-state index in [1.165, 1.54) is 11.1 Å². The van der Waals surface area contributed by atoms with Gasteiger partial charge in [-0.25, -0.2) is 0 Å². The first-order valence-corrected chi connectivity index (χ1v) is 7.67. The molecule has 0 bridgehead atoms. The fourth-order valence-electron chi connectivity index (χ4n) is 2.38. The van der Waals surface area contributed by atoms with Gasteiger partial charge in [0.1, 0.15) is 0 Å². The van der Waals surface area contributed by atoms with E-state index < -0.39 is 0 Å². The van der Waals surface area contributed by atoms with Gasteiger partial charge in [-0.2, -0.15) is 0 Å². The molecule has 2 rings (SSSR count). The number of carbonyl (C=O) groups is 1. The maximum absolute atomic E-state index is 12.2. The molecule has 3 nitrogen and oxygen atoms in total. The van der Waals surface area contributed by atoms with Gasteiger partial charge in [-0.1, -0.05) is 49.7 Å². The summed E-state index contributed by atoms with van der Waals surface area (Å²) in [5, 5.41) is 6.19. The number of amides is 1. The standard InChI is InChI=1S/C19H24N2O/c1-13(2)17-7-5-6-15(4)19(17)21-18(22)12-20-16-10-8-14(3)9-11-16/h5-11,13,20H,12H2,1-4H3,(H,21,22). The van der Waals surface area contributed by atoms with Crippen molar-refractivity contribution >= 4 is 17.3 Å². The van der Waals surface area contributed by atoms with Crippen molar-refractivity contribution in [3.05, 3.63) is 59.2 Å². The van der Waals surface area contributed by atoms with Crippen LogP contribution in [0.3, 0.4) is 0 Å². The van der Waals surface area contributed by atoms with Crippen LogP contribution in [-0.4, -0.2) is 12.5 Å². The van der Waals surface area contributed by atoms with E-state index in [-0.39, 0.29) is 12.5 Å². The Balaban J connectivity index is 2.02. The van der Waals surface area contributed by atoms with Crippen LogP contribution < -0.4 is 10.6 Å². The van der Waals surface area contributed by atoms with Gasteiger partial charge in [-0.15, -0.1) is 0 Å². The lowest BCUT2D eigenvalue weighted by atomic mass is 9.98. The summed E-state index contributed by atoms with van der Waals surface area (Å²) in [7, 11) is 0. The van der Waals surface area contributed by atoms with Gasteiger partial charge in [0.05, 0.1) is 6.54 Å². The Hall–Kier alpha value is -2.29. The molecule has 0 aromatic heterocycles.